The number of hydrogen-bond acceptors (Lipinski definition) is 3. The first-order chi connectivity index (χ1) is 8.58. The van der Waals surface area contributed by atoms with Crippen molar-refractivity contribution in [3.63, 3.8) is 0 Å². The Bertz CT molecular complexity index is 355. The highest BCUT2D eigenvalue weighted by atomic mass is 16.5. The number of ether oxygens (including phenoxy) is 1. The van der Waals surface area contributed by atoms with E-state index in [0.29, 0.717) is 6.61 Å². The minimum atomic E-state index is -0.707. The van der Waals surface area contributed by atoms with Gasteiger partial charge in [-0.25, -0.2) is 0 Å². The Morgan fingerprint density at radius 2 is 1.89 bits per heavy atom. The Labute approximate surface area is 116 Å². The van der Waals surface area contributed by atoms with Gasteiger partial charge in [0, 0.05) is 13.1 Å². The molecule has 4 heteroatoms. The second-order valence-corrected chi connectivity index (χ2v) is 7.23. The van der Waals surface area contributed by atoms with Crippen molar-refractivity contribution in [1.29, 1.82) is 0 Å². The van der Waals surface area contributed by atoms with E-state index in [1.165, 1.54) is 0 Å². The van der Waals surface area contributed by atoms with Crippen molar-refractivity contribution < 1.29 is 14.3 Å². The maximum absolute atomic E-state index is 12.6. The van der Waals surface area contributed by atoms with Crippen molar-refractivity contribution in [2.24, 2.45) is 16.7 Å². The first kappa shape index (κ1) is 16.0. The third-order valence-corrected chi connectivity index (χ3v) is 3.62. The summed E-state index contributed by atoms with van der Waals surface area (Å²) in [5.41, 5.74) is -0.275. The van der Waals surface area contributed by atoms with Gasteiger partial charge in [0.15, 0.2) is 0 Å². The fourth-order valence-corrected chi connectivity index (χ4v) is 2.53. The van der Waals surface area contributed by atoms with Gasteiger partial charge in [-0.1, -0.05) is 34.6 Å². The summed E-state index contributed by atoms with van der Waals surface area (Å²) in [5.74, 6) is -1.19. The predicted octanol–water partition coefficient (Wildman–Crippen LogP) is 2.47. The van der Waals surface area contributed by atoms with Crippen LogP contribution in [0.1, 0.15) is 48.0 Å². The third kappa shape index (κ3) is 3.95. The highest BCUT2D eigenvalue weighted by molar-refractivity contribution is 5.98. The van der Waals surface area contributed by atoms with Gasteiger partial charge in [0.05, 0.1) is 6.61 Å². The molecule has 1 atom stereocenters. The van der Waals surface area contributed by atoms with E-state index in [4.69, 9.17) is 4.74 Å². The van der Waals surface area contributed by atoms with Crippen LogP contribution in [0.3, 0.4) is 0 Å². The summed E-state index contributed by atoms with van der Waals surface area (Å²) in [7, 11) is 0. The smallest absolute Gasteiger partial charge is 0.319 e. The molecule has 1 fully saturated rings. The molecule has 1 amide bonds. The SMILES string of the molecule is CCOC(=O)C(C(=O)N1CCC(C)(C)C1)C(C)(C)C. The standard InChI is InChI=1S/C15H27NO3/c1-7-19-13(18)11(14(2,3)4)12(17)16-9-8-15(5,6)10-16/h11H,7-10H2,1-6H3. The molecule has 0 radical (unpaired) electrons. The molecule has 0 bridgehead atoms. The Morgan fingerprint density at radius 1 is 1.32 bits per heavy atom. The highest BCUT2D eigenvalue weighted by Gasteiger charge is 2.44. The van der Waals surface area contributed by atoms with Gasteiger partial charge < -0.3 is 9.64 Å². The zero-order chi connectivity index (χ0) is 14.8. The van der Waals surface area contributed by atoms with Gasteiger partial charge in [-0.2, -0.15) is 0 Å². The van der Waals surface area contributed by atoms with Crippen LogP contribution in [0.5, 0.6) is 0 Å². The molecule has 1 unspecified atom stereocenters. The van der Waals surface area contributed by atoms with Gasteiger partial charge in [0.2, 0.25) is 5.91 Å². The van der Waals surface area contributed by atoms with Gasteiger partial charge >= 0.3 is 5.97 Å². The van der Waals surface area contributed by atoms with E-state index in [1.54, 1.807) is 6.92 Å². The van der Waals surface area contributed by atoms with Crippen molar-refractivity contribution in [1.82, 2.24) is 4.90 Å². The zero-order valence-electron chi connectivity index (χ0n) is 13.1. The maximum atomic E-state index is 12.6. The van der Waals surface area contributed by atoms with Crippen molar-refractivity contribution >= 4 is 11.9 Å². The Balaban J connectivity index is 2.87. The number of hydrogen-bond donors (Lipinski definition) is 0. The quantitative estimate of drug-likeness (QED) is 0.584. The van der Waals surface area contributed by atoms with Crippen LogP contribution in [0, 0.1) is 16.7 Å². The van der Waals surface area contributed by atoms with E-state index >= 15 is 0 Å². The fourth-order valence-electron chi connectivity index (χ4n) is 2.53. The molecule has 1 heterocycles. The Hall–Kier alpha value is -1.06. The van der Waals surface area contributed by atoms with Crippen LogP contribution in [0.2, 0.25) is 0 Å². The molecule has 1 rings (SSSR count). The van der Waals surface area contributed by atoms with E-state index in [-0.39, 0.29) is 11.3 Å². The number of likely N-dealkylation sites (tertiary alicyclic amines) is 1. The van der Waals surface area contributed by atoms with E-state index in [0.717, 1.165) is 19.5 Å². The molecule has 110 valence electrons. The number of rotatable bonds is 3. The van der Waals surface area contributed by atoms with Crippen molar-refractivity contribution in [3.05, 3.63) is 0 Å². The van der Waals surface area contributed by atoms with Gasteiger partial charge in [-0.05, 0) is 24.2 Å². The largest absolute Gasteiger partial charge is 0.465 e. The minimum Gasteiger partial charge on any atom is -0.465 e. The molecule has 0 saturated carbocycles. The first-order valence-electron chi connectivity index (χ1n) is 7.04. The molecule has 19 heavy (non-hydrogen) atoms. The third-order valence-electron chi connectivity index (χ3n) is 3.62. The summed E-state index contributed by atoms with van der Waals surface area (Å²) in [6.07, 6.45) is 0.985. The molecule has 1 aliphatic heterocycles. The van der Waals surface area contributed by atoms with Crippen LogP contribution in [0.25, 0.3) is 0 Å². The lowest BCUT2D eigenvalue weighted by Crippen LogP contribution is -2.45. The van der Waals surface area contributed by atoms with Gasteiger partial charge in [0.1, 0.15) is 5.92 Å². The molecular formula is C15H27NO3. The summed E-state index contributed by atoms with van der Waals surface area (Å²) >= 11 is 0. The summed E-state index contributed by atoms with van der Waals surface area (Å²) in [5, 5.41) is 0. The number of amides is 1. The van der Waals surface area contributed by atoms with Crippen LogP contribution in [-0.2, 0) is 14.3 Å². The van der Waals surface area contributed by atoms with Crippen LogP contribution in [0.4, 0.5) is 0 Å². The van der Waals surface area contributed by atoms with Crippen LogP contribution < -0.4 is 0 Å². The van der Waals surface area contributed by atoms with E-state index < -0.39 is 17.3 Å². The van der Waals surface area contributed by atoms with Crippen molar-refractivity contribution in [2.45, 2.75) is 48.0 Å². The second-order valence-electron chi connectivity index (χ2n) is 7.23. The topological polar surface area (TPSA) is 46.6 Å². The molecule has 0 aromatic rings. The normalized spacial score (nSPS) is 20.2. The van der Waals surface area contributed by atoms with Crippen LogP contribution in [-0.4, -0.2) is 36.5 Å². The monoisotopic (exact) mass is 269 g/mol. The van der Waals surface area contributed by atoms with Crippen molar-refractivity contribution in [3.8, 4) is 0 Å². The zero-order valence-corrected chi connectivity index (χ0v) is 13.1. The van der Waals surface area contributed by atoms with Crippen molar-refractivity contribution in [2.75, 3.05) is 19.7 Å². The summed E-state index contributed by atoms with van der Waals surface area (Å²) in [6, 6.07) is 0. The molecule has 0 N–H and O–H groups in total. The molecule has 1 aliphatic rings. The minimum absolute atomic E-state index is 0.0866. The Morgan fingerprint density at radius 3 is 2.26 bits per heavy atom. The average Bonchev–Trinajstić information content (AvgIpc) is 2.57. The molecule has 0 aliphatic carbocycles. The van der Waals surface area contributed by atoms with Crippen LogP contribution >= 0.6 is 0 Å². The molecule has 0 aromatic heterocycles. The summed E-state index contributed by atoms with van der Waals surface area (Å²) in [4.78, 5) is 26.5. The van der Waals surface area contributed by atoms with Gasteiger partial charge in [-0.3, -0.25) is 9.59 Å². The lowest BCUT2D eigenvalue weighted by Gasteiger charge is -2.31. The second kappa shape index (κ2) is 5.51. The molecule has 0 aromatic carbocycles. The van der Waals surface area contributed by atoms with E-state index in [9.17, 15) is 9.59 Å². The number of esters is 1. The number of carbonyl (C=O) groups is 2. The Kier molecular flexibility index (Phi) is 4.64. The van der Waals surface area contributed by atoms with E-state index in [1.807, 2.05) is 25.7 Å². The molecule has 0 spiro atoms. The number of nitrogens with zero attached hydrogens (tertiary/aromatic N) is 1. The summed E-state index contributed by atoms with van der Waals surface area (Å²) in [6.45, 7) is 13.6. The van der Waals surface area contributed by atoms with Gasteiger partial charge in [-0.15, -0.1) is 0 Å². The molecule has 1 saturated heterocycles. The lowest BCUT2D eigenvalue weighted by molar-refractivity contribution is -0.160. The summed E-state index contributed by atoms with van der Waals surface area (Å²) < 4.78 is 5.08. The highest BCUT2D eigenvalue weighted by Crippen LogP contribution is 2.34. The predicted molar refractivity (Wildman–Crippen MR) is 74.6 cm³/mol. The average molecular weight is 269 g/mol. The maximum Gasteiger partial charge on any atom is 0.319 e. The van der Waals surface area contributed by atoms with E-state index in [2.05, 4.69) is 13.8 Å². The molecular weight excluding hydrogens is 242 g/mol. The molecule has 4 nitrogen and oxygen atoms in total. The lowest BCUT2D eigenvalue weighted by atomic mass is 9.79. The first-order valence-corrected chi connectivity index (χ1v) is 7.04. The number of carbonyl (C=O) groups excluding carboxylic acids is 2. The van der Waals surface area contributed by atoms with Crippen LogP contribution in [0.15, 0.2) is 0 Å². The van der Waals surface area contributed by atoms with Gasteiger partial charge in [0.25, 0.3) is 0 Å². The fraction of sp³-hybridized carbons (Fsp3) is 0.867.